The van der Waals surface area contributed by atoms with E-state index in [1.165, 1.54) is 32.0 Å². The summed E-state index contributed by atoms with van der Waals surface area (Å²) in [6.07, 6.45) is 8.91. The molecule has 0 bridgehead atoms. The lowest BCUT2D eigenvalue weighted by molar-refractivity contribution is -0.116. The van der Waals surface area contributed by atoms with Gasteiger partial charge in [0.2, 0.25) is 5.91 Å². The molecule has 0 radical (unpaired) electrons. The topological polar surface area (TPSA) is 54.9 Å². The first-order valence-electron chi connectivity index (χ1n) is 6.49. The Kier molecular flexibility index (Phi) is 7.34. The fourth-order valence-corrected chi connectivity index (χ4v) is 1.82. The summed E-state index contributed by atoms with van der Waals surface area (Å²) in [7, 11) is 0. The zero-order valence-electron chi connectivity index (χ0n) is 10.8. The van der Waals surface area contributed by atoms with Crippen LogP contribution in [0.15, 0.2) is 12.4 Å². The van der Waals surface area contributed by atoms with Crippen molar-refractivity contribution in [1.82, 2.24) is 9.97 Å². The Hall–Kier alpha value is -1.16. The van der Waals surface area contributed by atoms with E-state index in [1.54, 1.807) is 6.07 Å². The summed E-state index contributed by atoms with van der Waals surface area (Å²) in [5, 5.41) is 3.04. The molecule has 100 valence electrons. The third kappa shape index (κ3) is 6.55. The van der Waals surface area contributed by atoms with Crippen LogP contribution in [0, 0.1) is 0 Å². The second-order valence-electron chi connectivity index (χ2n) is 4.29. The van der Waals surface area contributed by atoms with Crippen molar-refractivity contribution in [3.63, 3.8) is 0 Å². The van der Waals surface area contributed by atoms with Crippen molar-refractivity contribution in [2.45, 2.75) is 51.9 Å². The first-order valence-corrected chi connectivity index (χ1v) is 6.87. The second kappa shape index (κ2) is 8.86. The summed E-state index contributed by atoms with van der Waals surface area (Å²) < 4.78 is 0. The molecule has 0 saturated carbocycles. The third-order valence-electron chi connectivity index (χ3n) is 2.66. The number of nitrogens with one attached hydrogen (secondary N) is 1. The molecule has 1 aromatic heterocycles. The highest BCUT2D eigenvalue weighted by molar-refractivity contribution is 6.29. The van der Waals surface area contributed by atoms with Crippen LogP contribution >= 0.6 is 11.6 Å². The van der Waals surface area contributed by atoms with Crippen molar-refractivity contribution < 1.29 is 4.79 Å². The fraction of sp³-hybridized carbons (Fsp3) is 0.615. The molecule has 4 nitrogen and oxygen atoms in total. The molecule has 1 rings (SSSR count). The van der Waals surface area contributed by atoms with Gasteiger partial charge in [0, 0.05) is 12.5 Å². The highest BCUT2D eigenvalue weighted by Gasteiger charge is 2.03. The lowest BCUT2D eigenvalue weighted by Crippen LogP contribution is -2.12. The zero-order chi connectivity index (χ0) is 13.2. The van der Waals surface area contributed by atoms with Gasteiger partial charge in [0.1, 0.15) is 17.3 Å². The SMILES string of the molecule is CCCCCCCCC(=O)Nc1cc(Cl)ncn1. The molecule has 0 aliphatic carbocycles. The minimum atomic E-state index is -0.0136. The number of unbranched alkanes of at least 4 members (excludes halogenated alkanes) is 5. The molecule has 0 atom stereocenters. The zero-order valence-corrected chi connectivity index (χ0v) is 11.5. The molecule has 0 aliphatic heterocycles. The maximum Gasteiger partial charge on any atom is 0.225 e. The molecule has 1 amide bonds. The number of rotatable bonds is 8. The molecular formula is C13H20ClN3O. The van der Waals surface area contributed by atoms with Crippen LogP contribution in [0.3, 0.4) is 0 Å². The predicted octanol–water partition coefficient (Wildman–Crippen LogP) is 3.82. The van der Waals surface area contributed by atoms with Gasteiger partial charge in [0.05, 0.1) is 0 Å². The Morgan fingerprint density at radius 1 is 1.22 bits per heavy atom. The molecule has 0 fully saturated rings. The molecule has 1 N–H and O–H groups in total. The molecule has 5 heteroatoms. The Morgan fingerprint density at radius 2 is 1.94 bits per heavy atom. The standard InChI is InChI=1S/C13H20ClN3O/c1-2-3-4-5-6-7-8-13(18)17-12-9-11(14)15-10-16-12/h9-10H,2-8H2,1H3,(H,15,16,17,18). The minimum absolute atomic E-state index is 0.0136. The quantitative estimate of drug-likeness (QED) is 0.577. The number of aromatic nitrogens is 2. The number of hydrogen-bond acceptors (Lipinski definition) is 3. The van der Waals surface area contributed by atoms with Crippen molar-refractivity contribution in [2.75, 3.05) is 5.32 Å². The van der Waals surface area contributed by atoms with Gasteiger partial charge in [-0.1, -0.05) is 50.6 Å². The van der Waals surface area contributed by atoms with E-state index in [9.17, 15) is 4.79 Å². The van der Waals surface area contributed by atoms with Crippen LogP contribution in [0.2, 0.25) is 5.15 Å². The van der Waals surface area contributed by atoms with Crippen LogP contribution in [-0.4, -0.2) is 15.9 Å². The van der Waals surface area contributed by atoms with Gasteiger partial charge in [-0.05, 0) is 6.42 Å². The normalized spacial score (nSPS) is 10.3. The molecule has 0 spiro atoms. The minimum Gasteiger partial charge on any atom is -0.311 e. The molecule has 0 aromatic carbocycles. The first kappa shape index (κ1) is 14.9. The number of anilines is 1. The summed E-state index contributed by atoms with van der Waals surface area (Å²) in [6.45, 7) is 2.19. The summed E-state index contributed by atoms with van der Waals surface area (Å²) in [5.41, 5.74) is 0. The number of carbonyl (C=O) groups excluding carboxylic acids is 1. The lowest BCUT2D eigenvalue weighted by atomic mass is 10.1. The Bertz CT molecular complexity index is 371. The Labute approximate surface area is 113 Å². The van der Waals surface area contributed by atoms with Crippen LogP contribution in [0.25, 0.3) is 0 Å². The van der Waals surface area contributed by atoms with E-state index < -0.39 is 0 Å². The largest absolute Gasteiger partial charge is 0.311 e. The third-order valence-corrected chi connectivity index (χ3v) is 2.87. The lowest BCUT2D eigenvalue weighted by Gasteiger charge is -2.04. The van der Waals surface area contributed by atoms with E-state index in [1.807, 2.05) is 0 Å². The van der Waals surface area contributed by atoms with Crippen LogP contribution < -0.4 is 5.32 Å². The van der Waals surface area contributed by atoms with Gasteiger partial charge in [0.25, 0.3) is 0 Å². The summed E-state index contributed by atoms with van der Waals surface area (Å²) >= 11 is 5.70. The van der Waals surface area contributed by atoms with Gasteiger partial charge in [-0.15, -0.1) is 0 Å². The van der Waals surface area contributed by atoms with E-state index >= 15 is 0 Å². The molecule has 0 saturated heterocycles. The monoisotopic (exact) mass is 269 g/mol. The highest BCUT2D eigenvalue weighted by atomic mass is 35.5. The Balaban J connectivity index is 2.14. The molecule has 0 aliphatic rings. The number of amides is 1. The van der Waals surface area contributed by atoms with Gasteiger partial charge in [-0.2, -0.15) is 0 Å². The second-order valence-corrected chi connectivity index (χ2v) is 4.68. The summed E-state index contributed by atoms with van der Waals surface area (Å²) in [4.78, 5) is 19.3. The van der Waals surface area contributed by atoms with Crippen LogP contribution in [-0.2, 0) is 4.79 Å². The average molecular weight is 270 g/mol. The number of hydrogen-bond donors (Lipinski definition) is 1. The van der Waals surface area contributed by atoms with Gasteiger partial charge in [-0.25, -0.2) is 9.97 Å². The number of nitrogens with zero attached hydrogens (tertiary/aromatic N) is 2. The number of halogens is 1. The molecular weight excluding hydrogens is 250 g/mol. The van der Waals surface area contributed by atoms with Gasteiger partial charge in [-0.3, -0.25) is 4.79 Å². The molecule has 18 heavy (non-hydrogen) atoms. The van der Waals surface area contributed by atoms with Gasteiger partial charge < -0.3 is 5.32 Å². The van der Waals surface area contributed by atoms with Gasteiger partial charge in [0.15, 0.2) is 0 Å². The molecule has 0 unspecified atom stereocenters. The first-order chi connectivity index (χ1) is 8.72. The Morgan fingerprint density at radius 3 is 2.67 bits per heavy atom. The number of carbonyl (C=O) groups is 1. The van der Waals surface area contributed by atoms with Gasteiger partial charge >= 0.3 is 0 Å². The smallest absolute Gasteiger partial charge is 0.225 e. The fourth-order valence-electron chi connectivity index (χ4n) is 1.67. The van der Waals surface area contributed by atoms with Crippen molar-refractivity contribution in [3.05, 3.63) is 17.5 Å². The predicted molar refractivity (Wildman–Crippen MR) is 73.7 cm³/mol. The van der Waals surface area contributed by atoms with Crippen LogP contribution in [0.4, 0.5) is 5.82 Å². The van der Waals surface area contributed by atoms with E-state index in [0.29, 0.717) is 17.4 Å². The summed E-state index contributed by atoms with van der Waals surface area (Å²) in [6, 6.07) is 1.54. The van der Waals surface area contributed by atoms with Crippen molar-refractivity contribution >= 4 is 23.3 Å². The van der Waals surface area contributed by atoms with E-state index in [0.717, 1.165) is 12.8 Å². The van der Waals surface area contributed by atoms with Crippen molar-refractivity contribution in [2.24, 2.45) is 0 Å². The van der Waals surface area contributed by atoms with Crippen LogP contribution in [0.5, 0.6) is 0 Å². The highest BCUT2D eigenvalue weighted by Crippen LogP contribution is 2.10. The van der Waals surface area contributed by atoms with Crippen molar-refractivity contribution in [1.29, 1.82) is 0 Å². The van der Waals surface area contributed by atoms with E-state index in [2.05, 4.69) is 22.2 Å². The van der Waals surface area contributed by atoms with E-state index in [-0.39, 0.29) is 5.91 Å². The van der Waals surface area contributed by atoms with Crippen molar-refractivity contribution in [3.8, 4) is 0 Å². The molecule has 1 heterocycles. The molecule has 1 aromatic rings. The average Bonchev–Trinajstić information content (AvgIpc) is 2.33. The maximum atomic E-state index is 11.6. The van der Waals surface area contributed by atoms with Crippen LogP contribution in [0.1, 0.15) is 51.9 Å². The summed E-state index contributed by atoms with van der Waals surface area (Å²) in [5.74, 6) is 0.450. The van der Waals surface area contributed by atoms with E-state index in [4.69, 9.17) is 11.6 Å². The maximum absolute atomic E-state index is 11.6.